The van der Waals surface area contributed by atoms with Crippen molar-refractivity contribution in [3.63, 3.8) is 0 Å². The van der Waals surface area contributed by atoms with Crippen LogP contribution >= 0.6 is 7.92 Å². The number of benzene rings is 12. The highest BCUT2D eigenvalue weighted by Gasteiger charge is 2.26. The van der Waals surface area contributed by atoms with Crippen molar-refractivity contribution in [2.45, 2.75) is 0 Å². The van der Waals surface area contributed by atoms with Gasteiger partial charge in [0, 0.05) is 0 Å². The van der Waals surface area contributed by atoms with Crippen LogP contribution in [0.1, 0.15) is 0 Å². The predicted molar refractivity (Wildman–Crippen MR) is 216 cm³/mol. The van der Waals surface area contributed by atoms with E-state index in [2.05, 4.69) is 164 Å². The first kappa shape index (κ1) is 26.2. The maximum absolute atomic E-state index is 2.45. The van der Waals surface area contributed by atoms with Crippen LogP contribution in [-0.2, 0) is 0 Å². The van der Waals surface area contributed by atoms with E-state index in [1.165, 1.54) is 113 Å². The van der Waals surface area contributed by atoms with Gasteiger partial charge in [-0.2, -0.15) is 0 Å². The van der Waals surface area contributed by atoms with Gasteiger partial charge in [0.25, 0.3) is 0 Å². The third-order valence-corrected chi connectivity index (χ3v) is 13.9. The molecular formula is C48H27P. The van der Waals surface area contributed by atoms with E-state index in [0.29, 0.717) is 0 Å². The van der Waals surface area contributed by atoms with Gasteiger partial charge in [0.15, 0.2) is 0 Å². The van der Waals surface area contributed by atoms with Crippen LogP contribution in [0.4, 0.5) is 0 Å². The normalized spacial score (nSPS) is 12.7. The highest BCUT2D eigenvalue weighted by atomic mass is 31.1. The fourth-order valence-corrected chi connectivity index (χ4v) is 11.9. The van der Waals surface area contributed by atoms with Gasteiger partial charge in [-0.05, 0) is 121 Å². The summed E-state index contributed by atoms with van der Waals surface area (Å²) in [6, 6.07) is 62.6. The summed E-state index contributed by atoms with van der Waals surface area (Å²) >= 11 is 0. The Morgan fingerprint density at radius 3 is 0.714 bits per heavy atom. The molecule has 0 saturated carbocycles. The molecule has 0 aliphatic heterocycles. The van der Waals surface area contributed by atoms with Gasteiger partial charge in [0.2, 0.25) is 0 Å². The second kappa shape index (κ2) is 9.42. The molecule has 12 aromatic rings. The minimum Gasteiger partial charge on any atom is -0.0610 e. The zero-order valence-electron chi connectivity index (χ0n) is 26.5. The summed E-state index contributed by atoms with van der Waals surface area (Å²) < 4.78 is 0. The van der Waals surface area contributed by atoms with E-state index in [4.69, 9.17) is 0 Å². The molecule has 0 N–H and O–H groups in total. The average Bonchev–Trinajstić information content (AvgIpc) is 3.16. The number of hydrogen-bond acceptors (Lipinski definition) is 0. The molecule has 0 aliphatic rings. The molecule has 0 spiro atoms. The van der Waals surface area contributed by atoms with Gasteiger partial charge in [-0.3, -0.25) is 0 Å². The van der Waals surface area contributed by atoms with E-state index in [1.54, 1.807) is 0 Å². The summed E-state index contributed by atoms with van der Waals surface area (Å²) in [6.45, 7) is 0. The Bertz CT molecular complexity index is 2880. The second-order valence-electron chi connectivity index (χ2n) is 13.7. The predicted octanol–water partition coefficient (Wildman–Crippen LogP) is 12.1. The molecule has 0 unspecified atom stereocenters. The molecule has 0 saturated heterocycles. The molecule has 1 heteroatoms. The van der Waals surface area contributed by atoms with Gasteiger partial charge in [-0.25, -0.2) is 0 Å². The minimum absolute atomic E-state index is 0.978. The summed E-state index contributed by atoms with van der Waals surface area (Å²) in [6.07, 6.45) is 0. The van der Waals surface area contributed by atoms with Crippen LogP contribution in [0.5, 0.6) is 0 Å². The minimum atomic E-state index is -0.978. The van der Waals surface area contributed by atoms with Gasteiger partial charge in [0.05, 0.1) is 0 Å². The molecule has 0 atom stereocenters. The Morgan fingerprint density at radius 2 is 0.429 bits per heavy atom. The molecule has 0 aromatic heterocycles. The van der Waals surface area contributed by atoms with Crippen molar-refractivity contribution in [2.24, 2.45) is 0 Å². The molecule has 0 heterocycles. The zero-order valence-corrected chi connectivity index (χ0v) is 27.4. The third kappa shape index (κ3) is 3.42. The highest BCUT2D eigenvalue weighted by molar-refractivity contribution is 7.81. The Kier molecular flexibility index (Phi) is 5.03. The van der Waals surface area contributed by atoms with Crippen molar-refractivity contribution < 1.29 is 0 Å². The van der Waals surface area contributed by atoms with Crippen molar-refractivity contribution in [3.05, 3.63) is 164 Å². The van der Waals surface area contributed by atoms with Crippen molar-refractivity contribution in [1.29, 1.82) is 0 Å². The van der Waals surface area contributed by atoms with Crippen LogP contribution in [0.3, 0.4) is 0 Å². The van der Waals surface area contributed by atoms with E-state index in [1.807, 2.05) is 0 Å². The second-order valence-corrected chi connectivity index (χ2v) is 15.8. The monoisotopic (exact) mass is 634 g/mol. The lowest BCUT2D eigenvalue weighted by molar-refractivity contribution is 1.79. The Morgan fingerprint density at radius 1 is 0.204 bits per heavy atom. The van der Waals surface area contributed by atoms with Gasteiger partial charge >= 0.3 is 0 Å². The summed E-state index contributed by atoms with van der Waals surface area (Å²) in [4.78, 5) is 0. The molecule has 0 radical (unpaired) electrons. The number of hydrogen-bond donors (Lipinski definition) is 0. The van der Waals surface area contributed by atoms with Gasteiger partial charge in [0.1, 0.15) is 0 Å². The van der Waals surface area contributed by atoms with E-state index in [-0.39, 0.29) is 0 Å². The summed E-state index contributed by atoms with van der Waals surface area (Å²) in [7, 11) is -0.978. The van der Waals surface area contributed by atoms with E-state index in [9.17, 15) is 0 Å². The topological polar surface area (TPSA) is 0 Å². The van der Waals surface area contributed by atoms with Crippen molar-refractivity contribution >= 4 is 121 Å². The van der Waals surface area contributed by atoms with Crippen molar-refractivity contribution in [1.82, 2.24) is 0 Å². The molecular weight excluding hydrogens is 608 g/mol. The van der Waals surface area contributed by atoms with Crippen LogP contribution in [0, 0.1) is 0 Å². The smallest absolute Gasteiger partial charge is 0.00202 e. The molecule has 224 valence electrons. The molecule has 12 aromatic carbocycles. The lowest BCUT2D eigenvalue weighted by Crippen LogP contribution is -2.23. The Hall–Kier alpha value is -5.81. The van der Waals surface area contributed by atoms with E-state index < -0.39 is 7.92 Å². The molecule has 0 fully saturated rings. The van der Waals surface area contributed by atoms with Crippen LogP contribution in [0.25, 0.3) is 97.0 Å². The lowest BCUT2D eigenvalue weighted by Gasteiger charge is -2.26. The first-order valence-corrected chi connectivity index (χ1v) is 18.4. The lowest BCUT2D eigenvalue weighted by atomic mass is 9.94. The summed E-state index contributed by atoms with van der Waals surface area (Å²) in [5, 5.41) is 28.4. The SMILES string of the molecule is c1cc2ccc3ccc(P(c4ccc5ccc6cccc7ccc4c5c67)c4ccc5ccc6cccc7ccc4c5c67)c4ccc(c1)c2c34. The van der Waals surface area contributed by atoms with E-state index in [0.717, 1.165) is 0 Å². The Labute approximate surface area is 283 Å². The quantitative estimate of drug-likeness (QED) is 0.134. The zero-order chi connectivity index (χ0) is 31.8. The molecule has 0 bridgehead atoms. The molecule has 49 heavy (non-hydrogen) atoms. The van der Waals surface area contributed by atoms with Crippen LogP contribution in [0.2, 0.25) is 0 Å². The largest absolute Gasteiger partial charge is 0.0610 e. The summed E-state index contributed by atoms with van der Waals surface area (Å²) in [5.41, 5.74) is 0. The summed E-state index contributed by atoms with van der Waals surface area (Å²) in [5.74, 6) is 0. The van der Waals surface area contributed by atoms with Crippen LogP contribution in [-0.4, -0.2) is 0 Å². The fraction of sp³-hybridized carbons (Fsp3) is 0. The van der Waals surface area contributed by atoms with Gasteiger partial charge in [-0.15, -0.1) is 0 Å². The van der Waals surface area contributed by atoms with Crippen LogP contribution < -0.4 is 15.9 Å². The molecule has 12 rings (SSSR count). The fourth-order valence-electron chi connectivity index (χ4n) is 9.13. The maximum atomic E-state index is 2.45. The highest BCUT2D eigenvalue weighted by Crippen LogP contribution is 2.46. The molecule has 0 amide bonds. The average molecular weight is 635 g/mol. The van der Waals surface area contributed by atoms with Gasteiger partial charge in [-0.1, -0.05) is 164 Å². The third-order valence-electron chi connectivity index (χ3n) is 11.2. The Balaban J connectivity index is 1.27. The first-order valence-electron chi connectivity index (χ1n) is 17.1. The van der Waals surface area contributed by atoms with Gasteiger partial charge < -0.3 is 0 Å². The first-order chi connectivity index (χ1) is 24.3. The van der Waals surface area contributed by atoms with Crippen molar-refractivity contribution in [2.75, 3.05) is 0 Å². The van der Waals surface area contributed by atoms with Crippen molar-refractivity contribution in [3.8, 4) is 0 Å². The molecule has 0 aliphatic carbocycles. The number of rotatable bonds is 3. The molecule has 0 nitrogen and oxygen atoms in total. The maximum Gasteiger partial charge on any atom is -0.00202 e. The van der Waals surface area contributed by atoms with E-state index >= 15 is 0 Å². The standard InChI is InChI=1S/C48H27P/c1-4-28-10-13-34-19-25-40(37-22-16-31(7-1)43(28)46(34)37)49(41-26-20-35-14-11-29-5-2-8-32-17-23-38(41)47(35)44(29)32)42-27-21-36-15-12-30-6-3-9-33-18-24-39(42)48(36)45(30)33/h1-27H. The van der Waals surface area contributed by atoms with Crippen LogP contribution in [0.15, 0.2) is 164 Å².